The number of ketones is 1. The fourth-order valence-corrected chi connectivity index (χ4v) is 2.84. The Morgan fingerprint density at radius 3 is 2.88 bits per heavy atom. The van der Waals surface area contributed by atoms with Crippen molar-refractivity contribution in [2.45, 2.75) is 19.4 Å². The standard InChI is InChI=1S/C17H15ClFN3O3/c1-9(23)15-12(19)5-6-14(21-15)22-17(24)20-13-7-8-25-16-10(13)3-2-4-11(16)18/h2-6,13H,7-8H2,1H3,(H2,20,21,22,24)/t13-/m0/s1. The van der Waals surface area contributed by atoms with Crippen molar-refractivity contribution in [3.8, 4) is 5.75 Å². The van der Waals surface area contributed by atoms with Crippen LogP contribution in [0.5, 0.6) is 5.75 Å². The van der Waals surface area contributed by atoms with Gasteiger partial charge in [-0.05, 0) is 18.2 Å². The monoisotopic (exact) mass is 363 g/mol. The predicted molar refractivity (Wildman–Crippen MR) is 90.7 cm³/mol. The Labute approximate surface area is 148 Å². The number of nitrogens with one attached hydrogen (secondary N) is 2. The first-order valence-electron chi connectivity index (χ1n) is 7.62. The molecule has 1 atom stereocenters. The molecule has 1 aromatic heterocycles. The number of fused-ring (bicyclic) bond motifs is 1. The number of hydrogen-bond acceptors (Lipinski definition) is 4. The van der Waals surface area contributed by atoms with Gasteiger partial charge in [0.1, 0.15) is 17.3 Å². The second kappa shape index (κ2) is 7.06. The molecule has 3 rings (SSSR count). The molecule has 0 spiro atoms. The van der Waals surface area contributed by atoms with Gasteiger partial charge in [0, 0.05) is 18.9 Å². The molecular formula is C17H15ClFN3O3. The van der Waals surface area contributed by atoms with Crippen LogP contribution in [0.1, 0.15) is 35.4 Å². The van der Waals surface area contributed by atoms with Crippen molar-refractivity contribution >= 4 is 29.2 Å². The van der Waals surface area contributed by atoms with Gasteiger partial charge in [0.15, 0.2) is 11.6 Å². The van der Waals surface area contributed by atoms with Crippen LogP contribution in [0.4, 0.5) is 15.0 Å². The van der Waals surface area contributed by atoms with Crippen LogP contribution in [0.15, 0.2) is 30.3 Å². The van der Waals surface area contributed by atoms with Gasteiger partial charge in [-0.3, -0.25) is 10.1 Å². The number of hydrogen-bond donors (Lipinski definition) is 2. The van der Waals surface area contributed by atoms with E-state index < -0.39 is 17.6 Å². The molecule has 1 aliphatic heterocycles. The van der Waals surface area contributed by atoms with E-state index in [1.165, 1.54) is 13.0 Å². The molecule has 2 heterocycles. The van der Waals surface area contributed by atoms with Crippen molar-refractivity contribution < 1.29 is 18.7 Å². The molecule has 2 amide bonds. The summed E-state index contributed by atoms with van der Waals surface area (Å²) in [4.78, 5) is 27.4. The highest BCUT2D eigenvalue weighted by Crippen LogP contribution is 2.37. The van der Waals surface area contributed by atoms with Crippen LogP contribution < -0.4 is 15.4 Å². The molecule has 25 heavy (non-hydrogen) atoms. The minimum atomic E-state index is -0.730. The summed E-state index contributed by atoms with van der Waals surface area (Å²) < 4.78 is 19.0. The highest BCUT2D eigenvalue weighted by Gasteiger charge is 2.25. The number of ether oxygens (including phenoxy) is 1. The molecule has 0 saturated heterocycles. The number of urea groups is 1. The van der Waals surface area contributed by atoms with Gasteiger partial charge in [-0.2, -0.15) is 0 Å². The van der Waals surface area contributed by atoms with Crippen molar-refractivity contribution in [3.05, 3.63) is 52.4 Å². The Morgan fingerprint density at radius 2 is 2.12 bits per heavy atom. The summed E-state index contributed by atoms with van der Waals surface area (Å²) in [6.45, 7) is 1.63. The summed E-state index contributed by atoms with van der Waals surface area (Å²) in [5.41, 5.74) is 0.464. The highest BCUT2D eigenvalue weighted by molar-refractivity contribution is 6.32. The Hall–Kier alpha value is -2.67. The van der Waals surface area contributed by atoms with E-state index in [1.807, 2.05) is 6.07 Å². The molecular weight excluding hydrogens is 349 g/mol. The van der Waals surface area contributed by atoms with E-state index in [1.54, 1.807) is 12.1 Å². The van der Waals surface area contributed by atoms with Crippen LogP contribution in [-0.4, -0.2) is 23.4 Å². The fourth-order valence-electron chi connectivity index (χ4n) is 2.61. The maximum Gasteiger partial charge on any atom is 0.320 e. The number of carbonyl (C=O) groups excluding carboxylic acids is 2. The number of nitrogens with zero attached hydrogens (tertiary/aromatic N) is 1. The second-order valence-electron chi connectivity index (χ2n) is 5.53. The summed E-state index contributed by atoms with van der Waals surface area (Å²) in [5.74, 6) is -0.608. The number of Topliss-reactive ketones (excluding diaryl/α,β-unsaturated/α-hetero) is 1. The number of rotatable bonds is 3. The summed E-state index contributed by atoms with van der Waals surface area (Å²) in [6.07, 6.45) is 0.580. The van der Waals surface area contributed by atoms with Gasteiger partial charge in [0.2, 0.25) is 0 Å². The number of halogens is 2. The van der Waals surface area contributed by atoms with E-state index >= 15 is 0 Å². The lowest BCUT2D eigenvalue weighted by Crippen LogP contribution is -2.35. The van der Waals surface area contributed by atoms with Gasteiger partial charge < -0.3 is 10.1 Å². The molecule has 0 aliphatic carbocycles. The maximum atomic E-state index is 13.5. The minimum Gasteiger partial charge on any atom is -0.492 e. The SMILES string of the molecule is CC(=O)c1nc(NC(=O)N[C@H]2CCOc3c(Cl)cccc32)ccc1F. The number of carbonyl (C=O) groups is 2. The first-order valence-corrected chi connectivity index (χ1v) is 7.99. The van der Waals surface area contributed by atoms with E-state index in [0.717, 1.165) is 11.6 Å². The van der Waals surface area contributed by atoms with Gasteiger partial charge in [0.25, 0.3) is 0 Å². The molecule has 0 unspecified atom stereocenters. The van der Waals surface area contributed by atoms with E-state index in [2.05, 4.69) is 15.6 Å². The Morgan fingerprint density at radius 1 is 1.32 bits per heavy atom. The molecule has 1 aliphatic rings. The highest BCUT2D eigenvalue weighted by atomic mass is 35.5. The molecule has 0 saturated carbocycles. The quantitative estimate of drug-likeness (QED) is 0.814. The summed E-state index contributed by atoms with van der Waals surface area (Å²) in [7, 11) is 0. The lowest BCUT2D eigenvalue weighted by molar-refractivity contribution is 0.100. The van der Waals surface area contributed by atoms with Gasteiger partial charge in [0.05, 0.1) is 17.7 Å². The van der Waals surface area contributed by atoms with Crippen LogP contribution >= 0.6 is 11.6 Å². The number of anilines is 1. The Bertz CT molecular complexity index is 844. The molecule has 0 radical (unpaired) electrons. The lowest BCUT2D eigenvalue weighted by atomic mass is 10.0. The summed E-state index contributed by atoms with van der Waals surface area (Å²) >= 11 is 6.10. The smallest absolute Gasteiger partial charge is 0.320 e. The van der Waals surface area contributed by atoms with Crippen LogP contribution in [0.25, 0.3) is 0 Å². The molecule has 6 nitrogen and oxygen atoms in total. The molecule has 8 heteroatoms. The summed E-state index contributed by atoms with van der Waals surface area (Å²) in [5, 5.41) is 5.79. The molecule has 1 aromatic carbocycles. The van der Waals surface area contributed by atoms with Crippen molar-refractivity contribution in [3.63, 3.8) is 0 Å². The number of pyridine rings is 1. The van der Waals surface area contributed by atoms with Crippen LogP contribution in [0.3, 0.4) is 0 Å². The van der Waals surface area contributed by atoms with E-state index in [0.29, 0.717) is 23.8 Å². The van der Waals surface area contributed by atoms with E-state index in [9.17, 15) is 14.0 Å². The minimum absolute atomic E-state index is 0.0856. The molecule has 0 fully saturated rings. The van der Waals surface area contributed by atoms with Crippen LogP contribution in [0.2, 0.25) is 5.02 Å². The zero-order valence-electron chi connectivity index (χ0n) is 13.3. The molecule has 130 valence electrons. The van der Waals surface area contributed by atoms with Crippen molar-refractivity contribution in [2.24, 2.45) is 0 Å². The van der Waals surface area contributed by atoms with Crippen LogP contribution in [-0.2, 0) is 0 Å². The number of amides is 2. The van der Waals surface area contributed by atoms with Gasteiger partial charge in [-0.15, -0.1) is 0 Å². The third kappa shape index (κ3) is 3.71. The zero-order valence-corrected chi connectivity index (χ0v) is 14.1. The fraction of sp³-hybridized carbons (Fsp3) is 0.235. The Kier molecular flexibility index (Phi) is 4.85. The second-order valence-corrected chi connectivity index (χ2v) is 5.94. The lowest BCUT2D eigenvalue weighted by Gasteiger charge is -2.27. The topological polar surface area (TPSA) is 80.3 Å². The van der Waals surface area contributed by atoms with Gasteiger partial charge >= 0.3 is 6.03 Å². The predicted octanol–water partition coefficient (Wildman–Crippen LogP) is 3.72. The number of aromatic nitrogens is 1. The Balaban J connectivity index is 1.73. The maximum absolute atomic E-state index is 13.5. The van der Waals surface area contributed by atoms with Crippen LogP contribution in [0, 0.1) is 5.82 Å². The van der Waals surface area contributed by atoms with Gasteiger partial charge in [-0.25, -0.2) is 14.2 Å². The number of benzene rings is 1. The van der Waals surface area contributed by atoms with E-state index in [-0.39, 0.29) is 17.6 Å². The molecule has 0 bridgehead atoms. The van der Waals surface area contributed by atoms with Crippen molar-refractivity contribution in [1.29, 1.82) is 0 Å². The normalized spacial score (nSPS) is 15.7. The summed E-state index contributed by atoms with van der Waals surface area (Å²) in [6, 6.07) is 6.90. The first kappa shape index (κ1) is 17.2. The third-order valence-electron chi connectivity index (χ3n) is 3.75. The molecule has 2 N–H and O–H groups in total. The average Bonchev–Trinajstić information content (AvgIpc) is 2.57. The van der Waals surface area contributed by atoms with Crippen molar-refractivity contribution in [1.82, 2.24) is 10.3 Å². The first-order chi connectivity index (χ1) is 12.0. The largest absolute Gasteiger partial charge is 0.492 e. The average molecular weight is 364 g/mol. The number of para-hydroxylation sites is 1. The van der Waals surface area contributed by atoms with Crippen molar-refractivity contribution in [2.75, 3.05) is 11.9 Å². The molecule has 2 aromatic rings. The van der Waals surface area contributed by atoms with Gasteiger partial charge in [-0.1, -0.05) is 23.7 Å². The third-order valence-corrected chi connectivity index (χ3v) is 4.05. The van der Waals surface area contributed by atoms with E-state index in [4.69, 9.17) is 16.3 Å². The zero-order chi connectivity index (χ0) is 18.0.